The quantitative estimate of drug-likeness (QED) is 0.0642. The molecule has 0 spiro atoms. The number of likely N-dealkylation sites (tertiary alicyclic amines) is 2. The zero-order chi connectivity index (χ0) is 58.7. The smallest absolute Gasteiger partial charge is 0.410 e. The number of nitrogens with one attached hydrogen (secondary N) is 1. The molecule has 5 atom stereocenters. The van der Waals surface area contributed by atoms with Crippen molar-refractivity contribution < 1.29 is 51.6 Å². The van der Waals surface area contributed by atoms with Crippen LogP contribution in [0.1, 0.15) is 100 Å². The van der Waals surface area contributed by atoms with E-state index in [0.717, 1.165) is 95.5 Å². The Balaban J connectivity index is 0.694. The largest absolute Gasteiger partial charge is 0.468 e. The highest BCUT2D eigenvalue weighted by molar-refractivity contribution is 6.35. The molecular formula is C62H71ClF2N10O9. The number of amides is 4. The molecule has 19 nitrogen and oxygen atoms in total. The van der Waals surface area contributed by atoms with E-state index < -0.39 is 29.2 Å². The van der Waals surface area contributed by atoms with Gasteiger partial charge in [-0.3, -0.25) is 34.5 Å². The first kappa shape index (κ1) is 57.5. The molecule has 7 aliphatic rings. The van der Waals surface area contributed by atoms with Gasteiger partial charge in [0.15, 0.2) is 12.6 Å². The normalized spacial score (nSPS) is 23.7. The summed E-state index contributed by atoms with van der Waals surface area (Å²) in [5, 5.41) is 4.07. The molecule has 4 amide bonds. The van der Waals surface area contributed by atoms with Gasteiger partial charge in [0.1, 0.15) is 46.8 Å². The summed E-state index contributed by atoms with van der Waals surface area (Å²) >= 11 is 7.03. The molecule has 2 bridgehead atoms. The van der Waals surface area contributed by atoms with Gasteiger partial charge >= 0.3 is 12.1 Å². The van der Waals surface area contributed by atoms with Gasteiger partial charge in [-0.05, 0) is 121 Å². The summed E-state index contributed by atoms with van der Waals surface area (Å²) in [7, 11) is 3.54. The lowest BCUT2D eigenvalue weighted by atomic mass is 9.94. The van der Waals surface area contributed by atoms with E-state index in [9.17, 15) is 19.2 Å². The van der Waals surface area contributed by atoms with E-state index in [0.29, 0.717) is 63.7 Å². The average molecular weight is 1170 g/mol. The summed E-state index contributed by atoms with van der Waals surface area (Å²) in [6.45, 7) is 12.1. The number of pyridine rings is 1. The van der Waals surface area contributed by atoms with Gasteiger partial charge in [-0.2, -0.15) is 9.97 Å². The fraction of sp³-hybridized carbons (Fsp3) is 0.532. The van der Waals surface area contributed by atoms with Crippen LogP contribution in [0.3, 0.4) is 0 Å². The molecule has 1 N–H and O–H groups in total. The standard InChI is InChI=1S/C62H71ClF2N10O9/c1-7-43-48(64)12-8-36-24-41(82-34-80-6)26-45(52(36)43)55-54(65)56-46(27-66-55)57(73-29-37-9-10-38(30-73)75(37)61(79)84-62(2,3)4)69-60(68-56)81-33-39-25-42(31-70(39)5)83-40-18-20-71(21-19-40)28-35-16-22-72(23-17-35)49-13-11-44-47(53(49)63)32-74(59(44)78)50-14-15-51(76)67-58(50)77/h1,8,11-13,24,26-27,35,37-40,42,50H,9-10,14-23,25,28-34H2,2-6H3,(H,67,76,77)/t37-,38+,39-,42+,50?/m0/s1. The minimum atomic E-state index is -0.780. The highest BCUT2D eigenvalue weighted by atomic mass is 35.5. The number of piperidine rings is 3. The number of hydrogen-bond donors (Lipinski definition) is 1. The third kappa shape index (κ3) is 11.4. The first-order valence-electron chi connectivity index (χ1n) is 29.3. The molecule has 5 aromatic rings. The second-order valence-corrected chi connectivity index (χ2v) is 24.9. The summed E-state index contributed by atoms with van der Waals surface area (Å²) < 4.78 is 63.2. The van der Waals surface area contributed by atoms with Gasteiger partial charge in [0.2, 0.25) is 11.8 Å². The number of benzene rings is 3. The summed E-state index contributed by atoms with van der Waals surface area (Å²) in [6, 6.07) is 8.73. The molecule has 0 saturated carbocycles. The molecule has 6 saturated heterocycles. The number of imide groups is 1. The Kier molecular flexibility index (Phi) is 16.1. The molecule has 7 aliphatic heterocycles. The lowest BCUT2D eigenvalue weighted by Gasteiger charge is -2.42. The summed E-state index contributed by atoms with van der Waals surface area (Å²) in [5.41, 5.74) is 1.50. The summed E-state index contributed by atoms with van der Waals surface area (Å²) in [5.74, 6) is 1.35. The number of rotatable bonds is 14. The number of methoxy groups -OCH3 is 1. The molecule has 12 rings (SSSR count). The van der Waals surface area contributed by atoms with Crippen molar-refractivity contribution in [3.05, 3.63) is 75.9 Å². The van der Waals surface area contributed by atoms with Crippen LogP contribution in [0.15, 0.2) is 42.6 Å². The SMILES string of the molecule is C#Cc1c(F)ccc2cc(OCOC)cc(-c3ncc4c(N5C[C@H]6CC[C@@H](C5)N6C(=O)OC(C)(C)C)nc(OC[C@@H]5C[C@@H](OC6CCN(CC7CCN(c8ccc9c(c8Cl)CN(C8CCC(=O)NC8=O)C9=O)CC7)CC6)CN5C)nc4c3F)c12. The van der Waals surface area contributed by atoms with Crippen molar-refractivity contribution in [3.63, 3.8) is 0 Å². The van der Waals surface area contributed by atoms with Crippen molar-refractivity contribution in [2.75, 3.05) is 89.7 Å². The fourth-order valence-electron chi connectivity index (χ4n) is 13.7. The number of halogens is 3. The monoisotopic (exact) mass is 1170 g/mol. The van der Waals surface area contributed by atoms with E-state index in [4.69, 9.17) is 51.7 Å². The fourth-order valence-corrected chi connectivity index (χ4v) is 14.0. The van der Waals surface area contributed by atoms with Crippen LogP contribution in [0, 0.1) is 29.9 Å². The number of fused-ring (bicyclic) bond motifs is 5. The Bertz CT molecular complexity index is 3440. The predicted molar refractivity (Wildman–Crippen MR) is 311 cm³/mol. The number of likely N-dealkylation sites (N-methyl/N-ethyl adjacent to an activating group) is 1. The van der Waals surface area contributed by atoms with Crippen molar-refractivity contribution in [2.24, 2.45) is 5.92 Å². The number of hydrogen-bond acceptors (Lipinski definition) is 16. The second kappa shape index (κ2) is 23.5. The first-order valence-corrected chi connectivity index (χ1v) is 29.7. The number of carbonyl (C=O) groups is 4. The maximum atomic E-state index is 17.7. The average Bonchev–Trinajstić information content (AvgIpc) is 2.43. The number of terminal acetylenes is 1. The lowest BCUT2D eigenvalue weighted by Crippen LogP contribution is -2.57. The van der Waals surface area contributed by atoms with E-state index in [1.807, 2.05) is 37.8 Å². The van der Waals surface area contributed by atoms with Gasteiger partial charge < -0.3 is 43.3 Å². The molecule has 9 heterocycles. The molecule has 6 fully saturated rings. The maximum Gasteiger partial charge on any atom is 0.410 e. The van der Waals surface area contributed by atoms with Crippen molar-refractivity contribution in [1.29, 1.82) is 0 Å². The van der Waals surface area contributed by atoms with E-state index in [1.165, 1.54) is 24.3 Å². The van der Waals surface area contributed by atoms with Gasteiger partial charge in [0.25, 0.3) is 5.91 Å². The minimum absolute atomic E-state index is 0.0127. The van der Waals surface area contributed by atoms with Crippen molar-refractivity contribution in [2.45, 2.75) is 127 Å². The third-order valence-corrected chi connectivity index (χ3v) is 18.3. The molecule has 444 valence electrons. The lowest BCUT2D eigenvalue weighted by molar-refractivity contribution is -0.136. The van der Waals surface area contributed by atoms with Crippen LogP contribution < -0.4 is 24.6 Å². The van der Waals surface area contributed by atoms with E-state index in [2.05, 4.69) is 42.9 Å². The van der Waals surface area contributed by atoms with E-state index in [-0.39, 0.29) is 103 Å². The van der Waals surface area contributed by atoms with Crippen LogP contribution >= 0.6 is 11.6 Å². The van der Waals surface area contributed by atoms with Gasteiger partial charge in [-0.1, -0.05) is 23.6 Å². The molecule has 22 heteroatoms. The van der Waals surface area contributed by atoms with Gasteiger partial charge in [0.05, 0.1) is 46.0 Å². The summed E-state index contributed by atoms with van der Waals surface area (Å²) in [4.78, 5) is 78.2. The molecule has 3 aromatic carbocycles. The molecule has 1 unspecified atom stereocenters. The highest BCUT2D eigenvalue weighted by Crippen LogP contribution is 2.43. The molecule has 2 aromatic heterocycles. The maximum absolute atomic E-state index is 17.7. The number of aromatic nitrogens is 3. The van der Waals surface area contributed by atoms with Crippen molar-refractivity contribution in [3.8, 4) is 35.4 Å². The first-order chi connectivity index (χ1) is 40.4. The van der Waals surface area contributed by atoms with Gasteiger partial charge in [-0.15, -0.1) is 6.42 Å². The number of anilines is 2. The number of piperazine rings is 1. The Morgan fingerprint density at radius 3 is 2.37 bits per heavy atom. The second-order valence-electron chi connectivity index (χ2n) is 24.5. The van der Waals surface area contributed by atoms with Crippen LogP contribution in [0.5, 0.6) is 11.8 Å². The number of carbonyl (C=O) groups excluding carboxylic acids is 4. The number of ether oxygens (including phenoxy) is 5. The van der Waals surface area contributed by atoms with Crippen LogP contribution in [0.25, 0.3) is 32.9 Å². The zero-order valence-electron chi connectivity index (χ0n) is 48.1. The van der Waals surface area contributed by atoms with E-state index >= 15 is 8.78 Å². The van der Waals surface area contributed by atoms with Crippen LogP contribution in [-0.2, 0) is 30.3 Å². The van der Waals surface area contributed by atoms with Crippen LogP contribution in [-0.4, -0.2) is 180 Å². The molecule has 0 aliphatic carbocycles. The molecule has 84 heavy (non-hydrogen) atoms. The Labute approximate surface area is 492 Å². The Morgan fingerprint density at radius 1 is 0.893 bits per heavy atom. The van der Waals surface area contributed by atoms with Crippen molar-refractivity contribution in [1.82, 2.24) is 39.9 Å². The van der Waals surface area contributed by atoms with Crippen LogP contribution in [0.2, 0.25) is 5.02 Å². The topological polar surface area (TPSA) is 185 Å². The number of nitrogens with zero attached hydrogens (tertiary/aromatic N) is 9. The Morgan fingerprint density at radius 2 is 1.65 bits per heavy atom. The third-order valence-electron chi connectivity index (χ3n) is 17.9. The Hall–Kier alpha value is -6.96. The van der Waals surface area contributed by atoms with E-state index in [1.54, 1.807) is 18.2 Å². The zero-order valence-corrected chi connectivity index (χ0v) is 48.9. The predicted octanol–water partition coefficient (Wildman–Crippen LogP) is 7.94. The van der Waals surface area contributed by atoms with Crippen LogP contribution in [0.4, 0.5) is 25.1 Å². The summed E-state index contributed by atoms with van der Waals surface area (Å²) in [6.07, 6.45) is 13.8. The highest BCUT2D eigenvalue weighted by Gasteiger charge is 2.46. The van der Waals surface area contributed by atoms with Crippen molar-refractivity contribution >= 4 is 68.6 Å². The molecule has 0 radical (unpaired) electrons. The van der Waals surface area contributed by atoms with Gasteiger partial charge in [-0.25, -0.2) is 13.6 Å². The minimum Gasteiger partial charge on any atom is -0.468 e. The molecular weight excluding hydrogens is 1100 g/mol. The van der Waals surface area contributed by atoms with Gasteiger partial charge in [0, 0.05) is 107 Å².